The standard InChI is InChI=1S/C8H15.C7H16/c1-8-6-4-2-3-5-7-8;1-3-5-7-6-4-2/h2,8H,3-7H2,1H3;3-7H2,1-2H3. The van der Waals surface area contributed by atoms with Crippen LogP contribution in [0, 0.1) is 12.3 Å². The van der Waals surface area contributed by atoms with Gasteiger partial charge in [-0.3, -0.25) is 0 Å². The van der Waals surface area contributed by atoms with Crippen molar-refractivity contribution < 1.29 is 0 Å². The molecular weight excluding hydrogens is 180 g/mol. The molecule has 0 aromatic carbocycles. The SMILES string of the molecule is CC1CC[CH]CCC1.CCCCCCC. The van der Waals surface area contributed by atoms with Crippen LogP contribution in [-0.4, -0.2) is 0 Å². The molecule has 1 aliphatic carbocycles. The molecule has 0 bridgehead atoms. The van der Waals surface area contributed by atoms with E-state index in [2.05, 4.69) is 27.2 Å². The second kappa shape index (κ2) is 12.1. The summed E-state index contributed by atoms with van der Waals surface area (Å²) in [6.07, 6.45) is 16.5. The van der Waals surface area contributed by atoms with Crippen LogP contribution in [0.2, 0.25) is 0 Å². The minimum atomic E-state index is 0.994. The molecule has 0 N–H and O–H groups in total. The third-order valence-electron chi connectivity index (χ3n) is 3.18. The first-order chi connectivity index (χ1) is 7.31. The summed E-state index contributed by atoms with van der Waals surface area (Å²) in [6.45, 7) is 6.85. The maximum absolute atomic E-state index is 2.43. The van der Waals surface area contributed by atoms with Crippen LogP contribution in [0.15, 0.2) is 0 Å². The highest BCUT2D eigenvalue weighted by atomic mass is 14.1. The molecule has 1 fully saturated rings. The van der Waals surface area contributed by atoms with Crippen molar-refractivity contribution in [3.8, 4) is 0 Å². The lowest BCUT2D eigenvalue weighted by molar-refractivity contribution is 0.507. The number of hydrogen-bond donors (Lipinski definition) is 0. The minimum Gasteiger partial charge on any atom is -0.0654 e. The number of hydrogen-bond acceptors (Lipinski definition) is 0. The topological polar surface area (TPSA) is 0 Å². The second-order valence-electron chi connectivity index (χ2n) is 4.96. The molecule has 1 atom stereocenters. The Morgan fingerprint density at radius 1 is 0.933 bits per heavy atom. The van der Waals surface area contributed by atoms with E-state index in [-0.39, 0.29) is 0 Å². The van der Waals surface area contributed by atoms with Gasteiger partial charge in [0.2, 0.25) is 0 Å². The van der Waals surface area contributed by atoms with Crippen molar-refractivity contribution in [1.29, 1.82) is 0 Å². The van der Waals surface area contributed by atoms with E-state index in [1.807, 2.05) is 0 Å². The average molecular weight is 211 g/mol. The molecule has 0 aromatic rings. The summed E-state index contributed by atoms with van der Waals surface area (Å²) in [7, 11) is 0. The van der Waals surface area contributed by atoms with E-state index in [1.165, 1.54) is 64.2 Å². The summed E-state index contributed by atoms with van der Waals surface area (Å²) in [5.74, 6) is 0.994. The van der Waals surface area contributed by atoms with Crippen LogP contribution < -0.4 is 0 Å². The van der Waals surface area contributed by atoms with Gasteiger partial charge in [-0.1, -0.05) is 78.6 Å². The number of rotatable bonds is 4. The van der Waals surface area contributed by atoms with Gasteiger partial charge in [0.25, 0.3) is 0 Å². The van der Waals surface area contributed by atoms with Crippen LogP contribution in [-0.2, 0) is 0 Å². The summed E-state index contributed by atoms with van der Waals surface area (Å²) in [5.41, 5.74) is 0. The maximum atomic E-state index is 2.43. The largest absolute Gasteiger partial charge is 0.0654 e. The van der Waals surface area contributed by atoms with E-state index >= 15 is 0 Å². The van der Waals surface area contributed by atoms with Crippen molar-refractivity contribution in [3.05, 3.63) is 6.42 Å². The highest BCUT2D eigenvalue weighted by molar-refractivity contribution is 4.71. The lowest BCUT2D eigenvalue weighted by Gasteiger charge is -2.02. The molecule has 1 saturated carbocycles. The Morgan fingerprint density at radius 2 is 1.60 bits per heavy atom. The third-order valence-corrected chi connectivity index (χ3v) is 3.18. The Kier molecular flexibility index (Phi) is 12.1. The van der Waals surface area contributed by atoms with E-state index in [1.54, 1.807) is 0 Å². The number of unbranched alkanes of at least 4 members (excludes halogenated alkanes) is 4. The summed E-state index contributed by atoms with van der Waals surface area (Å²) in [5, 5.41) is 0. The normalized spacial score (nSPS) is 17.8. The average Bonchev–Trinajstić information content (AvgIpc) is 2.48. The van der Waals surface area contributed by atoms with Crippen LogP contribution in [0.4, 0.5) is 0 Å². The van der Waals surface area contributed by atoms with Gasteiger partial charge in [0, 0.05) is 0 Å². The molecule has 1 aliphatic rings. The Hall–Kier alpha value is 0. The third kappa shape index (κ3) is 11.9. The lowest BCUT2D eigenvalue weighted by Crippen LogP contribution is -1.88. The van der Waals surface area contributed by atoms with Gasteiger partial charge in [0.15, 0.2) is 0 Å². The first kappa shape index (κ1) is 15.0. The lowest BCUT2D eigenvalue weighted by atomic mass is 10.0. The van der Waals surface area contributed by atoms with Crippen molar-refractivity contribution in [2.24, 2.45) is 5.92 Å². The van der Waals surface area contributed by atoms with Crippen LogP contribution in [0.1, 0.15) is 85.0 Å². The Morgan fingerprint density at radius 3 is 2.20 bits per heavy atom. The molecule has 15 heavy (non-hydrogen) atoms. The van der Waals surface area contributed by atoms with Gasteiger partial charge >= 0.3 is 0 Å². The van der Waals surface area contributed by atoms with Crippen LogP contribution >= 0.6 is 0 Å². The molecule has 91 valence electrons. The zero-order valence-corrected chi connectivity index (χ0v) is 11.2. The predicted octanol–water partition coefficient (Wildman–Crippen LogP) is 5.77. The molecule has 0 nitrogen and oxygen atoms in total. The molecule has 1 unspecified atom stereocenters. The van der Waals surface area contributed by atoms with Crippen molar-refractivity contribution in [2.45, 2.75) is 85.0 Å². The molecule has 0 spiro atoms. The zero-order valence-electron chi connectivity index (χ0n) is 11.2. The maximum Gasteiger partial charge on any atom is -0.0386 e. The van der Waals surface area contributed by atoms with Crippen LogP contribution in [0.5, 0.6) is 0 Å². The van der Waals surface area contributed by atoms with E-state index in [9.17, 15) is 0 Å². The summed E-state index contributed by atoms with van der Waals surface area (Å²) < 4.78 is 0. The fourth-order valence-corrected chi connectivity index (χ4v) is 1.98. The summed E-state index contributed by atoms with van der Waals surface area (Å²) in [4.78, 5) is 0. The van der Waals surface area contributed by atoms with Gasteiger partial charge in [-0.2, -0.15) is 0 Å². The van der Waals surface area contributed by atoms with Gasteiger partial charge in [0.05, 0.1) is 0 Å². The summed E-state index contributed by atoms with van der Waals surface area (Å²) >= 11 is 0. The van der Waals surface area contributed by atoms with Crippen LogP contribution in [0.3, 0.4) is 0 Å². The summed E-state index contributed by atoms with van der Waals surface area (Å²) in [6, 6.07) is 0. The van der Waals surface area contributed by atoms with Crippen molar-refractivity contribution in [3.63, 3.8) is 0 Å². The van der Waals surface area contributed by atoms with Gasteiger partial charge in [-0.05, 0) is 18.8 Å². The highest BCUT2D eigenvalue weighted by Gasteiger charge is 2.05. The molecule has 1 rings (SSSR count). The quantitative estimate of drug-likeness (QED) is 0.409. The Labute approximate surface area is 97.8 Å². The predicted molar refractivity (Wildman–Crippen MR) is 71.0 cm³/mol. The fourth-order valence-electron chi connectivity index (χ4n) is 1.98. The highest BCUT2D eigenvalue weighted by Crippen LogP contribution is 2.20. The van der Waals surface area contributed by atoms with Gasteiger partial charge in [-0.15, -0.1) is 0 Å². The second-order valence-corrected chi connectivity index (χ2v) is 4.96. The Bertz CT molecular complexity index is 94.6. The molecule has 0 saturated heterocycles. The molecule has 0 aromatic heterocycles. The van der Waals surface area contributed by atoms with E-state index in [4.69, 9.17) is 0 Å². The first-order valence-electron chi connectivity index (χ1n) is 7.12. The molecule has 0 heteroatoms. The minimum absolute atomic E-state index is 0.994. The van der Waals surface area contributed by atoms with E-state index < -0.39 is 0 Å². The smallest absolute Gasteiger partial charge is 0.0386 e. The van der Waals surface area contributed by atoms with Crippen molar-refractivity contribution in [2.75, 3.05) is 0 Å². The molecular formula is C15H31. The van der Waals surface area contributed by atoms with E-state index in [0.717, 1.165) is 5.92 Å². The van der Waals surface area contributed by atoms with Gasteiger partial charge < -0.3 is 0 Å². The molecule has 0 aliphatic heterocycles. The van der Waals surface area contributed by atoms with Crippen LogP contribution in [0.25, 0.3) is 0 Å². The van der Waals surface area contributed by atoms with Gasteiger partial charge in [-0.25, -0.2) is 0 Å². The molecule has 0 amide bonds. The van der Waals surface area contributed by atoms with Crippen molar-refractivity contribution in [1.82, 2.24) is 0 Å². The molecule has 0 heterocycles. The molecule has 1 radical (unpaired) electrons. The monoisotopic (exact) mass is 211 g/mol. The van der Waals surface area contributed by atoms with Gasteiger partial charge in [0.1, 0.15) is 0 Å². The Balaban J connectivity index is 0.000000265. The first-order valence-corrected chi connectivity index (χ1v) is 7.12. The van der Waals surface area contributed by atoms with Crippen molar-refractivity contribution >= 4 is 0 Å². The fraction of sp³-hybridized carbons (Fsp3) is 0.933. The zero-order chi connectivity index (χ0) is 11.4. The van der Waals surface area contributed by atoms with E-state index in [0.29, 0.717) is 0 Å².